The molecule has 0 spiro atoms. The highest BCUT2D eigenvalue weighted by Crippen LogP contribution is 2.34. The number of hydrogen-bond donors (Lipinski definition) is 2. The Balaban J connectivity index is 1.83. The van der Waals surface area contributed by atoms with Crippen molar-refractivity contribution >= 4 is 51.7 Å². The zero-order valence-corrected chi connectivity index (χ0v) is 23.1. The van der Waals surface area contributed by atoms with E-state index >= 15 is 0 Å². The second-order valence-corrected chi connectivity index (χ2v) is 10.3. The molecule has 4 rings (SSSR count). The Morgan fingerprint density at radius 3 is 2.33 bits per heavy atom. The van der Waals surface area contributed by atoms with Crippen molar-refractivity contribution in [3.05, 3.63) is 83.4 Å². The molecule has 39 heavy (non-hydrogen) atoms. The first kappa shape index (κ1) is 27.8. The quantitative estimate of drug-likeness (QED) is 0.303. The monoisotopic (exact) mass is 546 g/mol. The van der Waals surface area contributed by atoms with Gasteiger partial charge in [0, 0.05) is 34.4 Å². The number of anilines is 2. The summed E-state index contributed by atoms with van der Waals surface area (Å²) in [6.07, 6.45) is 0.679. The molecule has 0 saturated heterocycles. The minimum absolute atomic E-state index is 0.167. The summed E-state index contributed by atoms with van der Waals surface area (Å²) >= 11 is 6.61. The number of para-hydroxylation sites is 1. The minimum Gasteiger partial charge on any atom is -0.349 e. The molecule has 0 saturated carbocycles. The number of carbonyl (C=O) groups is 3. The Labute approximate surface area is 232 Å². The predicted molar refractivity (Wildman–Crippen MR) is 152 cm³/mol. The highest BCUT2D eigenvalue weighted by atomic mass is 35.5. The lowest BCUT2D eigenvalue weighted by Gasteiger charge is -2.35. The standard InChI is InChI=1S/C29H31ClN6O3/c1-5-29(3,4)32-28(39)27(22-10-6-7-11-23(22)30)36(21-16-14-20(15-17-21)31-19(2)37)26(38)18-35-25-13-9-8-12-24(25)33-34-35/h6-17,27H,5,18H2,1-4H3,(H,31,37)(H,32,39). The third-order valence-electron chi connectivity index (χ3n) is 6.49. The van der Waals surface area contributed by atoms with Gasteiger partial charge >= 0.3 is 0 Å². The number of fused-ring (bicyclic) bond motifs is 1. The second-order valence-electron chi connectivity index (χ2n) is 9.88. The van der Waals surface area contributed by atoms with Gasteiger partial charge in [-0.2, -0.15) is 0 Å². The lowest BCUT2D eigenvalue weighted by atomic mass is 9.98. The molecule has 0 radical (unpaired) electrons. The van der Waals surface area contributed by atoms with Gasteiger partial charge in [-0.1, -0.05) is 54.1 Å². The summed E-state index contributed by atoms with van der Waals surface area (Å²) in [5.74, 6) is -0.992. The predicted octanol–water partition coefficient (Wildman–Crippen LogP) is 5.12. The number of nitrogens with zero attached hydrogens (tertiary/aromatic N) is 4. The molecule has 10 heteroatoms. The largest absolute Gasteiger partial charge is 0.349 e. The maximum Gasteiger partial charge on any atom is 0.249 e. The van der Waals surface area contributed by atoms with E-state index in [2.05, 4.69) is 20.9 Å². The lowest BCUT2D eigenvalue weighted by molar-refractivity contribution is -0.128. The van der Waals surface area contributed by atoms with E-state index in [1.54, 1.807) is 48.5 Å². The average molecular weight is 547 g/mol. The average Bonchev–Trinajstić information content (AvgIpc) is 3.30. The van der Waals surface area contributed by atoms with Gasteiger partial charge in [-0.15, -0.1) is 5.10 Å². The molecule has 1 unspecified atom stereocenters. The van der Waals surface area contributed by atoms with Crippen molar-refractivity contribution in [1.82, 2.24) is 20.3 Å². The van der Waals surface area contributed by atoms with E-state index in [4.69, 9.17) is 11.6 Å². The summed E-state index contributed by atoms with van der Waals surface area (Å²) in [6, 6.07) is 20.0. The van der Waals surface area contributed by atoms with Crippen LogP contribution in [0.15, 0.2) is 72.8 Å². The van der Waals surface area contributed by atoms with Gasteiger partial charge < -0.3 is 10.6 Å². The number of hydrogen-bond acceptors (Lipinski definition) is 5. The normalized spacial score (nSPS) is 12.1. The number of amides is 3. The summed E-state index contributed by atoms with van der Waals surface area (Å²) in [6.45, 7) is 7.07. The first-order valence-corrected chi connectivity index (χ1v) is 13.0. The third kappa shape index (κ3) is 6.43. The van der Waals surface area contributed by atoms with Crippen LogP contribution in [0.25, 0.3) is 11.0 Å². The molecule has 4 aromatic rings. The van der Waals surface area contributed by atoms with Crippen molar-refractivity contribution in [3.63, 3.8) is 0 Å². The Kier molecular flexibility index (Phi) is 8.30. The van der Waals surface area contributed by atoms with Crippen LogP contribution in [0.4, 0.5) is 11.4 Å². The van der Waals surface area contributed by atoms with Crippen molar-refractivity contribution in [2.24, 2.45) is 0 Å². The van der Waals surface area contributed by atoms with Crippen molar-refractivity contribution in [3.8, 4) is 0 Å². The zero-order valence-electron chi connectivity index (χ0n) is 22.3. The maximum atomic E-state index is 14.1. The van der Waals surface area contributed by atoms with Crippen molar-refractivity contribution in [2.75, 3.05) is 10.2 Å². The summed E-state index contributed by atoms with van der Waals surface area (Å²) in [5.41, 5.74) is 2.31. The van der Waals surface area contributed by atoms with E-state index in [-0.39, 0.29) is 18.4 Å². The lowest BCUT2D eigenvalue weighted by Crippen LogP contribution is -2.51. The minimum atomic E-state index is -1.08. The van der Waals surface area contributed by atoms with E-state index < -0.39 is 17.5 Å². The van der Waals surface area contributed by atoms with Crippen LogP contribution in [0.1, 0.15) is 45.7 Å². The van der Waals surface area contributed by atoms with Crippen LogP contribution >= 0.6 is 11.6 Å². The van der Waals surface area contributed by atoms with Crippen LogP contribution in [0.5, 0.6) is 0 Å². The second kappa shape index (κ2) is 11.7. The molecule has 0 aliphatic rings. The number of rotatable bonds is 9. The van der Waals surface area contributed by atoms with Gasteiger partial charge in [-0.25, -0.2) is 4.68 Å². The molecule has 3 amide bonds. The van der Waals surface area contributed by atoms with E-state index in [9.17, 15) is 14.4 Å². The van der Waals surface area contributed by atoms with E-state index in [1.165, 1.54) is 16.5 Å². The molecule has 0 aliphatic heterocycles. The molecule has 1 aromatic heterocycles. The van der Waals surface area contributed by atoms with Crippen LogP contribution in [-0.4, -0.2) is 38.3 Å². The molecule has 1 atom stereocenters. The van der Waals surface area contributed by atoms with E-state index in [0.29, 0.717) is 39.4 Å². The van der Waals surface area contributed by atoms with Gasteiger partial charge in [0.25, 0.3) is 0 Å². The Morgan fingerprint density at radius 2 is 1.67 bits per heavy atom. The number of nitrogens with one attached hydrogen (secondary N) is 2. The van der Waals surface area contributed by atoms with E-state index in [0.717, 1.165) is 0 Å². The van der Waals surface area contributed by atoms with Gasteiger partial charge in [-0.05, 0) is 62.7 Å². The highest BCUT2D eigenvalue weighted by molar-refractivity contribution is 6.31. The summed E-state index contributed by atoms with van der Waals surface area (Å²) in [4.78, 5) is 41.1. The molecule has 202 valence electrons. The molecule has 2 N–H and O–H groups in total. The smallest absolute Gasteiger partial charge is 0.249 e. The fourth-order valence-electron chi connectivity index (χ4n) is 4.17. The molecule has 0 bridgehead atoms. The Morgan fingerprint density at radius 1 is 1.00 bits per heavy atom. The SMILES string of the molecule is CCC(C)(C)NC(=O)C(c1ccccc1Cl)N(C(=O)Cn1nnc2ccccc21)c1ccc(NC(C)=O)cc1. The molecule has 3 aromatic carbocycles. The number of halogens is 1. The fourth-order valence-corrected chi connectivity index (χ4v) is 4.41. The molecular formula is C29H31ClN6O3. The van der Waals surface area contributed by atoms with Gasteiger partial charge in [0.1, 0.15) is 18.1 Å². The topological polar surface area (TPSA) is 109 Å². The van der Waals surface area contributed by atoms with Crippen LogP contribution in [0.3, 0.4) is 0 Å². The van der Waals surface area contributed by atoms with Crippen molar-refractivity contribution in [1.29, 1.82) is 0 Å². The highest BCUT2D eigenvalue weighted by Gasteiger charge is 2.36. The first-order valence-electron chi connectivity index (χ1n) is 12.6. The van der Waals surface area contributed by atoms with Gasteiger partial charge in [0.15, 0.2) is 0 Å². The number of carbonyl (C=O) groups excluding carboxylic acids is 3. The molecule has 0 fully saturated rings. The zero-order chi connectivity index (χ0) is 28.2. The molecule has 0 aliphatic carbocycles. The third-order valence-corrected chi connectivity index (χ3v) is 6.84. The summed E-state index contributed by atoms with van der Waals surface area (Å²) in [7, 11) is 0. The molecule has 1 heterocycles. The Hall–Kier alpha value is -4.24. The van der Waals surface area contributed by atoms with Crippen LogP contribution in [0.2, 0.25) is 5.02 Å². The number of aromatic nitrogens is 3. The van der Waals surface area contributed by atoms with Crippen LogP contribution in [-0.2, 0) is 20.9 Å². The van der Waals surface area contributed by atoms with Crippen LogP contribution in [0, 0.1) is 0 Å². The van der Waals surface area contributed by atoms with Crippen molar-refractivity contribution in [2.45, 2.75) is 52.2 Å². The van der Waals surface area contributed by atoms with Crippen LogP contribution < -0.4 is 15.5 Å². The van der Waals surface area contributed by atoms with Gasteiger partial charge in [0.2, 0.25) is 17.7 Å². The maximum absolute atomic E-state index is 14.1. The Bertz CT molecular complexity index is 1500. The first-order chi connectivity index (χ1) is 18.6. The van der Waals surface area contributed by atoms with Gasteiger partial charge in [-0.3, -0.25) is 19.3 Å². The fraction of sp³-hybridized carbons (Fsp3) is 0.276. The number of benzene rings is 3. The molecular weight excluding hydrogens is 516 g/mol. The van der Waals surface area contributed by atoms with E-state index in [1.807, 2.05) is 45.0 Å². The summed E-state index contributed by atoms with van der Waals surface area (Å²) in [5, 5.41) is 14.5. The molecule has 9 nitrogen and oxygen atoms in total. The van der Waals surface area contributed by atoms with Gasteiger partial charge in [0.05, 0.1) is 5.52 Å². The summed E-state index contributed by atoms with van der Waals surface area (Å²) < 4.78 is 1.51. The van der Waals surface area contributed by atoms with Crippen molar-refractivity contribution < 1.29 is 14.4 Å².